The number of rotatable bonds is 3. The monoisotopic (exact) mass is 349 g/mol. The molecule has 3 aliphatic heterocycles. The lowest BCUT2D eigenvalue weighted by Gasteiger charge is -2.29. The van der Waals surface area contributed by atoms with E-state index in [0.717, 1.165) is 12.8 Å². The van der Waals surface area contributed by atoms with Gasteiger partial charge in [-0.1, -0.05) is 6.07 Å². The van der Waals surface area contributed by atoms with Crippen molar-refractivity contribution >= 4 is 21.6 Å². The molecule has 3 fully saturated rings. The Hall–Kier alpha value is -1.60. The molecule has 2 N–H and O–H groups in total. The van der Waals surface area contributed by atoms with Crippen molar-refractivity contribution in [1.82, 2.24) is 10.6 Å². The Morgan fingerprint density at radius 1 is 1.21 bits per heavy atom. The van der Waals surface area contributed by atoms with Gasteiger partial charge in [-0.25, -0.2) is 8.42 Å². The van der Waals surface area contributed by atoms with Crippen LogP contribution in [0.1, 0.15) is 42.5 Å². The molecular formula is C17H23N3O3S. The number of anilines is 1. The van der Waals surface area contributed by atoms with Crippen LogP contribution in [0.15, 0.2) is 24.3 Å². The lowest BCUT2D eigenvalue weighted by Crippen LogP contribution is -2.48. The zero-order chi connectivity index (χ0) is 16.7. The number of carbonyl (C=O) groups is 1. The van der Waals surface area contributed by atoms with Gasteiger partial charge in [-0.2, -0.15) is 0 Å². The van der Waals surface area contributed by atoms with Gasteiger partial charge in [0.1, 0.15) is 0 Å². The highest BCUT2D eigenvalue weighted by Crippen LogP contribution is 2.28. The Morgan fingerprint density at radius 2 is 1.96 bits per heavy atom. The quantitative estimate of drug-likeness (QED) is 0.861. The minimum atomic E-state index is -3.22. The normalized spacial score (nSPS) is 31.2. The summed E-state index contributed by atoms with van der Waals surface area (Å²) in [6.07, 6.45) is 4.97. The highest BCUT2D eigenvalue weighted by molar-refractivity contribution is 7.93. The number of carbonyl (C=O) groups excluding carboxylic acids is 1. The molecule has 7 heteroatoms. The van der Waals surface area contributed by atoms with Gasteiger partial charge in [0.25, 0.3) is 5.91 Å². The highest BCUT2D eigenvalue weighted by atomic mass is 32.2. The van der Waals surface area contributed by atoms with Gasteiger partial charge in [0.15, 0.2) is 0 Å². The standard InChI is InChI=1S/C17H23N3O3S/c21-17(19-15-10-13-5-6-14(11-15)18-13)12-3-1-4-16(9-12)20-7-2-8-24(20,22)23/h1,3-4,9,13-15,18H,2,5-8,10-11H2,(H,19,21). The van der Waals surface area contributed by atoms with Crippen molar-refractivity contribution in [3.05, 3.63) is 29.8 Å². The Labute approximate surface area is 142 Å². The second-order valence-corrected chi connectivity index (χ2v) is 9.08. The molecule has 130 valence electrons. The Balaban J connectivity index is 1.48. The molecule has 2 atom stereocenters. The smallest absolute Gasteiger partial charge is 0.251 e. The van der Waals surface area contributed by atoms with Gasteiger partial charge in [-0.15, -0.1) is 0 Å². The number of nitrogens with one attached hydrogen (secondary N) is 2. The predicted molar refractivity (Wildman–Crippen MR) is 92.6 cm³/mol. The highest BCUT2D eigenvalue weighted by Gasteiger charge is 2.34. The summed E-state index contributed by atoms with van der Waals surface area (Å²) in [6.45, 7) is 0.491. The fraction of sp³-hybridized carbons (Fsp3) is 0.588. The maximum absolute atomic E-state index is 12.6. The Kier molecular flexibility index (Phi) is 4.00. The zero-order valence-corrected chi connectivity index (χ0v) is 14.4. The summed E-state index contributed by atoms with van der Waals surface area (Å²) < 4.78 is 25.5. The van der Waals surface area contributed by atoms with Crippen molar-refractivity contribution in [2.45, 2.75) is 50.2 Å². The maximum Gasteiger partial charge on any atom is 0.251 e. The number of sulfonamides is 1. The van der Waals surface area contributed by atoms with Crippen LogP contribution in [-0.2, 0) is 10.0 Å². The summed E-state index contributed by atoms with van der Waals surface area (Å²) in [5.74, 6) is 0.0705. The molecule has 3 heterocycles. The lowest BCUT2D eigenvalue weighted by atomic mass is 9.99. The minimum absolute atomic E-state index is 0.111. The van der Waals surface area contributed by atoms with Gasteiger partial charge in [0.05, 0.1) is 11.4 Å². The van der Waals surface area contributed by atoms with Gasteiger partial charge in [-0.05, 0) is 50.3 Å². The molecule has 0 aromatic heterocycles. The maximum atomic E-state index is 12.6. The molecular weight excluding hydrogens is 326 g/mol. The SMILES string of the molecule is O=C(NC1CC2CCC(C1)N2)c1cccc(N2CCCS2(=O)=O)c1. The summed E-state index contributed by atoms with van der Waals surface area (Å²) >= 11 is 0. The zero-order valence-electron chi connectivity index (χ0n) is 13.6. The van der Waals surface area contributed by atoms with Gasteiger partial charge >= 0.3 is 0 Å². The summed E-state index contributed by atoms with van der Waals surface area (Å²) in [7, 11) is -3.22. The Bertz CT molecular complexity index is 737. The summed E-state index contributed by atoms with van der Waals surface area (Å²) in [4.78, 5) is 12.6. The number of amides is 1. The van der Waals surface area contributed by atoms with Crippen LogP contribution >= 0.6 is 0 Å². The van der Waals surface area contributed by atoms with Crippen LogP contribution in [0, 0.1) is 0 Å². The summed E-state index contributed by atoms with van der Waals surface area (Å²) in [6, 6.07) is 8.19. The first-order valence-corrected chi connectivity index (χ1v) is 10.3. The van der Waals surface area contributed by atoms with Crippen molar-refractivity contribution < 1.29 is 13.2 Å². The largest absolute Gasteiger partial charge is 0.349 e. The molecule has 0 spiro atoms. The molecule has 1 amide bonds. The van der Waals surface area contributed by atoms with Crippen LogP contribution in [0.2, 0.25) is 0 Å². The summed E-state index contributed by atoms with van der Waals surface area (Å²) in [5.41, 5.74) is 1.12. The van der Waals surface area contributed by atoms with Crippen LogP contribution in [0.4, 0.5) is 5.69 Å². The van der Waals surface area contributed by atoms with E-state index in [1.807, 2.05) is 0 Å². The topological polar surface area (TPSA) is 78.5 Å². The van der Waals surface area contributed by atoms with Crippen LogP contribution < -0.4 is 14.9 Å². The molecule has 0 aliphatic carbocycles. The van der Waals surface area contributed by atoms with Crippen molar-refractivity contribution in [3.63, 3.8) is 0 Å². The molecule has 4 rings (SSSR count). The molecule has 0 saturated carbocycles. The number of hydrogen-bond donors (Lipinski definition) is 2. The van der Waals surface area contributed by atoms with E-state index in [2.05, 4.69) is 10.6 Å². The van der Waals surface area contributed by atoms with Gasteiger partial charge < -0.3 is 10.6 Å². The fourth-order valence-electron chi connectivity index (χ4n) is 4.18. The minimum Gasteiger partial charge on any atom is -0.349 e. The van der Waals surface area contributed by atoms with E-state index in [9.17, 15) is 13.2 Å². The first-order chi connectivity index (χ1) is 11.5. The second-order valence-electron chi connectivity index (χ2n) is 7.07. The molecule has 2 bridgehead atoms. The van der Waals surface area contributed by atoms with E-state index in [1.54, 1.807) is 24.3 Å². The third kappa shape index (κ3) is 3.02. The van der Waals surface area contributed by atoms with E-state index >= 15 is 0 Å². The van der Waals surface area contributed by atoms with Crippen LogP contribution in [-0.4, -0.2) is 44.7 Å². The Morgan fingerprint density at radius 3 is 2.62 bits per heavy atom. The molecule has 2 unspecified atom stereocenters. The molecule has 1 aromatic rings. The van der Waals surface area contributed by atoms with E-state index in [1.165, 1.54) is 17.1 Å². The van der Waals surface area contributed by atoms with Gasteiger partial charge in [0.2, 0.25) is 10.0 Å². The molecule has 1 aromatic carbocycles. The average molecular weight is 349 g/mol. The molecule has 0 radical (unpaired) electrons. The van der Waals surface area contributed by atoms with E-state index in [0.29, 0.717) is 36.3 Å². The van der Waals surface area contributed by atoms with Crippen molar-refractivity contribution in [2.24, 2.45) is 0 Å². The van der Waals surface area contributed by atoms with Crippen molar-refractivity contribution in [1.29, 1.82) is 0 Å². The van der Waals surface area contributed by atoms with Crippen LogP contribution in [0.5, 0.6) is 0 Å². The second kappa shape index (κ2) is 6.04. The average Bonchev–Trinajstić information content (AvgIpc) is 3.08. The lowest BCUT2D eigenvalue weighted by molar-refractivity contribution is 0.0924. The van der Waals surface area contributed by atoms with E-state index < -0.39 is 10.0 Å². The number of benzene rings is 1. The van der Waals surface area contributed by atoms with Gasteiger partial charge in [-0.3, -0.25) is 9.10 Å². The molecule has 3 aliphatic rings. The summed E-state index contributed by atoms with van der Waals surface area (Å²) in [5, 5.41) is 6.69. The molecule has 3 saturated heterocycles. The first kappa shape index (κ1) is 15.9. The number of fused-ring (bicyclic) bond motifs is 2. The fourth-order valence-corrected chi connectivity index (χ4v) is 5.73. The van der Waals surface area contributed by atoms with Crippen LogP contribution in [0.25, 0.3) is 0 Å². The molecule has 6 nitrogen and oxygen atoms in total. The van der Waals surface area contributed by atoms with Crippen molar-refractivity contribution in [3.8, 4) is 0 Å². The van der Waals surface area contributed by atoms with Gasteiger partial charge in [0, 0.05) is 30.2 Å². The molecule has 24 heavy (non-hydrogen) atoms. The third-order valence-electron chi connectivity index (χ3n) is 5.30. The number of hydrogen-bond acceptors (Lipinski definition) is 4. The van der Waals surface area contributed by atoms with Crippen molar-refractivity contribution in [2.75, 3.05) is 16.6 Å². The van der Waals surface area contributed by atoms with E-state index in [4.69, 9.17) is 0 Å². The number of nitrogens with zero attached hydrogens (tertiary/aromatic N) is 1. The van der Waals surface area contributed by atoms with Crippen LogP contribution in [0.3, 0.4) is 0 Å². The first-order valence-electron chi connectivity index (χ1n) is 8.69. The third-order valence-corrected chi connectivity index (χ3v) is 7.17. The van der Waals surface area contributed by atoms with E-state index in [-0.39, 0.29) is 17.7 Å². The number of piperidine rings is 1. The predicted octanol–water partition coefficient (Wildman–Crippen LogP) is 1.24.